The third-order valence-corrected chi connectivity index (χ3v) is 4.68. The molecular formula is C18H15FN9OU-. The smallest absolute Gasteiger partial charge is 0.309 e. The average Bonchev–Trinajstić information content (AvgIpc) is 3.40. The first-order valence-electron chi connectivity index (χ1n) is 8.80. The molecule has 0 spiro atoms. The molecule has 4 aromatic rings. The number of anilines is 2. The molecule has 1 N–H and O–H groups in total. The van der Waals surface area contributed by atoms with E-state index in [1.165, 1.54) is 20.3 Å². The Morgan fingerprint density at radius 2 is 1.97 bits per heavy atom. The summed E-state index contributed by atoms with van der Waals surface area (Å²) in [4.78, 5) is 24.4. The van der Waals surface area contributed by atoms with Crippen LogP contribution in [0.1, 0.15) is 18.2 Å². The topological polar surface area (TPSA) is 106 Å². The minimum atomic E-state index is -0.616. The summed E-state index contributed by atoms with van der Waals surface area (Å²) in [5, 5.41) is 14.8. The van der Waals surface area contributed by atoms with Crippen molar-refractivity contribution in [2.45, 2.75) is 13.8 Å². The maximum atomic E-state index is 13.5. The molecule has 5 heterocycles. The summed E-state index contributed by atoms with van der Waals surface area (Å²) in [6, 6.07) is 2.70. The zero-order valence-electron chi connectivity index (χ0n) is 16.0. The van der Waals surface area contributed by atoms with Crippen molar-refractivity contribution in [1.29, 1.82) is 0 Å². The van der Waals surface area contributed by atoms with Crippen molar-refractivity contribution < 1.29 is 40.3 Å². The van der Waals surface area contributed by atoms with Gasteiger partial charge in [0.25, 0.3) is 0 Å². The number of aryl methyl sites for hydroxylation is 1. The molecule has 0 radical (unpaired) electrons. The Morgan fingerprint density at radius 1 is 1.20 bits per heavy atom. The Labute approximate surface area is 193 Å². The van der Waals surface area contributed by atoms with Gasteiger partial charge in [0.05, 0.1) is 24.3 Å². The number of carbonyl (C=O) groups is 1. The van der Waals surface area contributed by atoms with E-state index in [0.717, 1.165) is 11.5 Å². The molecule has 0 atom stereocenters. The van der Waals surface area contributed by atoms with Crippen LogP contribution in [-0.4, -0.2) is 47.2 Å². The van der Waals surface area contributed by atoms with Gasteiger partial charge in [0.2, 0.25) is 5.95 Å². The fourth-order valence-electron chi connectivity index (χ4n) is 3.43. The normalized spacial score (nSPS) is 12.8. The molecule has 0 fully saturated rings. The molecular weight excluding hydrogens is 615 g/mol. The van der Waals surface area contributed by atoms with Gasteiger partial charge in [-0.25, -0.2) is 14.3 Å². The van der Waals surface area contributed by atoms with Gasteiger partial charge in [-0.05, 0) is 31.3 Å². The van der Waals surface area contributed by atoms with E-state index < -0.39 is 5.95 Å². The van der Waals surface area contributed by atoms with Crippen LogP contribution in [0.3, 0.4) is 0 Å². The molecule has 150 valence electrons. The third-order valence-electron chi connectivity index (χ3n) is 4.68. The molecule has 2 amide bonds. The number of carbonyl (C=O) groups excluding carboxylic acids is 1. The second-order valence-corrected chi connectivity index (χ2v) is 6.71. The van der Waals surface area contributed by atoms with Gasteiger partial charge in [0.15, 0.2) is 11.5 Å². The molecule has 0 saturated heterocycles. The van der Waals surface area contributed by atoms with E-state index in [2.05, 4.69) is 30.6 Å². The summed E-state index contributed by atoms with van der Waals surface area (Å²) in [7, 11) is 0. The predicted octanol–water partition coefficient (Wildman–Crippen LogP) is 2.15. The molecule has 0 aliphatic carbocycles. The predicted molar refractivity (Wildman–Crippen MR) is 101 cm³/mol. The molecule has 0 bridgehead atoms. The van der Waals surface area contributed by atoms with Crippen molar-refractivity contribution in [3.05, 3.63) is 60.0 Å². The number of halogens is 1. The van der Waals surface area contributed by atoms with Crippen molar-refractivity contribution >= 4 is 23.1 Å². The summed E-state index contributed by atoms with van der Waals surface area (Å²) in [5.41, 5.74) is 2.97. The number of rotatable bonds is 2. The number of fused-ring (bicyclic) bond motifs is 3. The third kappa shape index (κ3) is 3.32. The number of amides is 2. The van der Waals surface area contributed by atoms with E-state index in [0.29, 0.717) is 35.1 Å². The van der Waals surface area contributed by atoms with Crippen LogP contribution in [0, 0.1) is 49.9 Å². The standard InChI is InChI=1S/C18H15FN9O.U/c1-10-5-12(7-21-17(10)28-22-3-4-23-28)24-18(29)26-9-11(2)16-13(26)8-20-15-6-14(19)25-27(15)16;/h3-8H,9H2,1-2H3,(H,24,29);/q-1;. The monoisotopic (exact) mass is 630 g/mol. The minimum Gasteiger partial charge on any atom is -0.381 e. The van der Waals surface area contributed by atoms with E-state index in [1.807, 2.05) is 13.8 Å². The van der Waals surface area contributed by atoms with Crippen LogP contribution >= 0.6 is 0 Å². The zero-order valence-corrected chi connectivity index (χ0v) is 20.2. The number of urea groups is 1. The fraction of sp³-hybridized carbons (Fsp3) is 0.167. The molecule has 0 unspecified atom stereocenters. The number of aromatic nitrogens is 7. The van der Waals surface area contributed by atoms with Gasteiger partial charge in [0, 0.05) is 37.2 Å². The number of nitrogens with zero attached hydrogens (tertiary/aromatic N) is 8. The Morgan fingerprint density at radius 3 is 2.70 bits per heavy atom. The average molecular weight is 630 g/mol. The molecule has 5 rings (SSSR count). The maximum Gasteiger partial charge on any atom is 0.309 e. The zero-order chi connectivity index (χ0) is 20.1. The molecule has 0 aromatic carbocycles. The molecule has 1 aliphatic rings. The first-order valence-corrected chi connectivity index (χ1v) is 8.80. The Bertz CT molecular complexity index is 1240. The Kier molecular flexibility index (Phi) is 5.21. The van der Waals surface area contributed by atoms with Crippen molar-refractivity contribution in [1.82, 2.24) is 34.6 Å². The number of pyridine rings is 1. The second kappa shape index (κ2) is 7.70. The van der Waals surface area contributed by atoms with Crippen molar-refractivity contribution in [3.8, 4) is 5.82 Å². The van der Waals surface area contributed by atoms with Crippen molar-refractivity contribution in [2.24, 2.45) is 0 Å². The van der Waals surface area contributed by atoms with Crippen LogP contribution in [0.5, 0.6) is 0 Å². The molecule has 4 aromatic heterocycles. The van der Waals surface area contributed by atoms with E-state index >= 15 is 0 Å². The van der Waals surface area contributed by atoms with Gasteiger partial charge >= 0.3 is 6.03 Å². The van der Waals surface area contributed by atoms with Gasteiger partial charge in [-0.1, -0.05) is 11.4 Å². The number of hydrogen-bond donors (Lipinski definition) is 1. The second-order valence-electron chi connectivity index (χ2n) is 6.71. The van der Waals surface area contributed by atoms with Crippen LogP contribution in [0.2, 0.25) is 0 Å². The Balaban J connectivity index is 0.00000218. The minimum absolute atomic E-state index is 0. The summed E-state index contributed by atoms with van der Waals surface area (Å²) >= 11 is 0. The van der Waals surface area contributed by atoms with E-state index in [4.69, 9.17) is 0 Å². The van der Waals surface area contributed by atoms with Crippen LogP contribution in [0.25, 0.3) is 11.5 Å². The molecule has 10 nitrogen and oxygen atoms in total. The summed E-state index contributed by atoms with van der Waals surface area (Å²) in [6.07, 6.45) is 6.23. The van der Waals surface area contributed by atoms with E-state index in [1.54, 1.807) is 30.9 Å². The SMILES string of the molecule is Cc1cc(NC(=O)N2C[C-](C)c3c2cnc2cc(F)nn32)cnc1-n1nccn1.[U]. The molecule has 0 saturated carbocycles. The molecule has 1 aliphatic heterocycles. The molecule has 12 heteroatoms. The van der Waals surface area contributed by atoms with E-state index in [-0.39, 0.29) is 37.1 Å². The van der Waals surface area contributed by atoms with Gasteiger partial charge in [-0.2, -0.15) is 20.5 Å². The first-order chi connectivity index (χ1) is 14.0. The van der Waals surface area contributed by atoms with Crippen LogP contribution in [0.15, 0.2) is 36.9 Å². The van der Waals surface area contributed by atoms with Crippen LogP contribution in [0.4, 0.5) is 20.6 Å². The van der Waals surface area contributed by atoms with Gasteiger partial charge < -0.3 is 10.2 Å². The largest absolute Gasteiger partial charge is 0.381 e. The quantitative estimate of drug-likeness (QED) is 0.341. The van der Waals surface area contributed by atoms with Crippen LogP contribution < -0.4 is 10.2 Å². The van der Waals surface area contributed by atoms with Crippen molar-refractivity contribution in [2.75, 3.05) is 16.8 Å². The summed E-state index contributed by atoms with van der Waals surface area (Å²) in [6.45, 7) is 4.09. The number of hydrogen-bond acceptors (Lipinski definition) is 6. The fourth-order valence-corrected chi connectivity index (χ4v) is 3.43. The summed E-state index contributed by atoms with van der Waals surface area (Å²) < 4.78 is 15.0. The van der Waals surface area contributed by atoms with E-state index in [9.17, 15) is 9.18 Å². The van der Waals surface area contributed by atoms with Gasteiger partial charge in [-0.15, -0.1) is 16.8 Å². The number of nitrogens with one attached hydrogen (secondary N) is 1. The molecule has 30 heavy (non-hydrogen) atoms. The summed E-state index contributed by atoms with van der Waals surface area (Å²) in [5.74, 6) is 0.853. The van der Waals surface area contributed by atoms with Crippen molar-refractivity contribution in [3.63, 3.8) is 0 Å². The first kappa shape index (κ1) is 20.3. The maximum absolute atomic E-state index is 13.5. The van der Waals surface area contributed by atoms with Gasteiger partial charge in [0.1, 0.15) is 0 Å². The van der Waals surface area contributed by atoms with Gasteiger partial charge in [-0.3, -0.25) is 4.98 Å². The Hall–Kier alpha value is -2.97. The van der Waals surface area contributed by atoms with Crippen LogP contribution in [-0.2, 0) is 0 Å².